The number of fused-ring (bicyclic) bond motifs is 2. The number of rotatable bonds is 3. The van der Waals surface area contributed by atoms with Gasteiger partial charge in [0.25, 0.3) is 15.9 Å². The number of nitrogens with zero attached hydrogens (tertiary/aromatic N) is 3. The molecule has 7 heteroatoms. The Morgan fingerprint density at radius 3 is 2.43 bits per heavy atom. The first-order valence-electron chi connectivity index (χ1n) is 10.1. The summed E-state index contributed by atoms with van der Waals surface area (Å²) >= 11 is 0. The van der Waals surface area contributed by atoms with Crippen LogP contribution < -0.4 is 9.21 Å². The molecule has 30 heavy (non-hydrogen) atoms. The first kappa shape index (κ1) is 18.9. The molecule has 3 aromatic rings. The highest BCUT2D eigenvalue weighted by molar-refractivity contribution is 7.92. The first-order valence-corrected chi connectivity index (χ1v) is 11.5. The Balaban J connectivity index is 1.51. The predicted molar refractivity (Wildman–Crippen MR) is 117 cm³/mol. The van der Waals surface area contributed by atoms with Crippen LogP contribution in [0.15, 0.2) is 65.7 Å². The van der Waals surface area contributed by atoms with Crippen LogP contribution in [-0.4, -0.2) is 31.5 Å². The zero-order valence-electron chi connectivity index (χ0n) is 16.9. The van der Waals surface area contributed by atoms with E-state index < -0.39 is 10.0 Å². The fraction of sp³-hybridized carbons (Fsp3) is 0.261. The summed E-state index contributed by atoms with van der Waals surface area (Å²) in [6, 6.07) is 16.9. The zero-order valence-corrected chi connectivity index (χ0v) is 17.8. The molecular formula is C23H23N3O3S. The van der Waals surface area contributed by atoms with E-state index in [4.69, 9.17) is 0 Å². The zero-order chi connectivity index (χ0) is 21.0. The lowest BCUT2D eigenvalue weighted by molar-refractivity contribution is 0.0973. The van der Waals surface area contributed by atoms with Gasteiger partial charge in [-0.15, -0.1) is 0 Å². The summed E-state index contributed by atoms with van der Waals surface area (Å²) in [5.74, 6) is -0.182. The van der Waals surface area contributed by atoms with E-state index in [0.717, 1.165) is 28.9 Å². The van der Waals surface area contributed by atoms with E-state index in [0.29, 0.717) is 18.7 Å². The van der Waals surface area contributed by atoms with Gasteiger partial charge in [-0.25, -0.2) is 8.42 Å². The van der Waals surface area contributed by atoms with Gasteiger partial charge in [-0.05, 0) is 49.1 Å². The van der Waals surface area contributed by atoms with Crippen molar-refractivity contribution in [1.29, 1.82) is 0 Å². The van der Waals surface area contributed by atoms with E-state index in [1.54, 1.807) is 16.5 Å². The molecule has 2 aliphatic rings. The van der Waals surface area contributed by atoms with E-state index in [9.17, 15) is 13.2 Å². The van der Waals surface area contributed by atoms with Crippen molar-refractivity contribution in [2.45, 2.75) is 30.7 Å². The molecule has 1 atom stereocenters. The van der Waals surface area contributed by atoms with Crippen LogP contribution in [0.5, 0.6) is 0 Å². The summed E-state index contributed by atoms with van der Waals surface area (Å²) in [4.78, 5) is 15.3. The summed E-state index contributed by atoms with van der Waals surface area (Å²) < 4.78 is 29.8. The molecule has 0 N–H and O–H groups in total. The molecule has 0 saturated heterocycles. The Morgan fingerprint density at radius 2 is 1.67 bits per heavy atom. The average molecular weight is 422 g/mol. The van der Waals surface area contributed by atoms with Crippen LogP contribution in [0.3, 0.4) is 0 Å². The van der Waals surface area contributed by atoms with Crippen molar-refractivity contribution in [3.63, 3.8) is 0 Å². The van der Waals surface area contributed by atoms with Crippen LogP contribution in [-0.2, 0) is 29.9 Å². The Labute approximate surface area is 176 Å². The maximum atomic E-state index is 13.4. The third kappa shape index (κ3) is 2.76. The van der Waals surface area contributed by atoms with Crippen molar-refractivity contribution in [3.05, 3.63) is 77.6 Å². The minimum Gasteiger partial charge on any atom is -0.345 e. The molecule has 6 nitrogen and oxygen atoms in total. The molecule has 154 valence electrons. The molecule has 2 aliphatic heterocycles. The maximum absolute atomic E-state index is 13.4. The molecular weight excluding hydrogens is 398 g/mol. The second kappa shape index (κ2) is 6.74. The largest absolute Gasteiger partial charge is 0.345 e. The molecule has 0 bridgehead atoms. The highest BCUT2D eigenvalue weighted by Gasteiger charge is 2.35. The lowest BCUT2D eigenvalue weighted by atomic mass is 10.1. The Bertz CT molecular complexity index is 1260. The number of sulfonamides is 1. The van der Waals surface area contributed by atoms with Crippen LogP contribution >= 0.6 is 0 Å². The van der Waals surface area contributed by atoms with Crippen LogP contribution in [0, 0.1) is 0 Å². The third-order valence-corrected chi connectivity index (χ3v) is 7.84. The van der Waals surface area contributed by atoms with E-state index >= 15 is 0 Å². The van der Waals surface area contributed by atoms with Crippen LogP contribution in [0.1, 0.15) is 28.5 Å². The summed E-state index contributed by atoms with van der Waals surface area (Å²) in [6.07, 6.45) is 3.02. The fourth-order valence-electron chi connectivity index (χ4n) is 4.57. The normalized spacial score (nSPS) is 17.9. The first-order chi connectivity index (χ1) is 14.4. The summed E-state index contributed by atoms with van der Waals surface area (Å²) in [5, 5.41) is 0. The second-order valence-electron chi connectivity index (χ2n) is 7.98. The highest BCUT2D eigenvalue weighted by atomic mass is 32.2. The molecule has 1 amide bonds. The molecule has 1 unspecified atom stereocenters. The number of aryl methyl sites for hydroxylation is 1. The minimum atomic E-state index is -3.74. The quantitative estimate of drug-likeness (QED) is 0.651. The summed E-state index contributed by atoms with van der Waals surface area (Å²) in [5.41, 5.74) is 4.14. The predicted octanol–water partition coefficient (Wildman–Crippen LogP) is 3.37. The van der Waals surface area contributed by atoms with E-state index in [2.05, 4.69) is 0 Å². The molecule has 0 fully saturated rings. The van der Waals surface area contributed by atoms with Gasteiger partial charge in [-0.3, -0.25) is 9.10 Å². The van der Waals surface area contributed by atoms with Crippen LogP contribution in [0.2, 0.25) is 0 Å². The molecule has 0 saturated carbocycles. The van der Waals surface area contributed by atoms with Gasteiger partial charge in [0.05, 0.1) is 5.69 Å². The SMILES string of the molecule is CC1Cc2ccccc2N1C(=O)c1cc(S(=O)(=O)N2CCc3ccccc32)cn1C. The molecule has 0 aliphatic carbocycles. The number of carbonyl (C=O) groups is 1. The van der Waals surface area contributed by atoms with Gasteiger partial charge in [0.1, 0.15) is 10.6 Å². The summed E-state index contributed by atoms with van der Waals surface area (Å²) in [7, 11) is -2.02. The van der Waals surface area contributed by atoms with Crippen molar-refractivity contribution in [1.82, 2.24) is 4.57 Å². The van der Waals surface area contributed by atoms with Crippen molar-refractivity contribution >= 4 is 27.3 Å². The van der Waals surface area contributed by atoms with Gasteiger partial charge in [-0.1, -0.05) is 36.4 Å². The maximum Gasteiger partial charge on any atom is 0.275 e. The van der Waals surface area contributed by atoms with Gasteiger partial charge in [0, 0.05) is 31.5 Å². The van der Waals surface area contributed by atoms with E-state index in [-0.39, 0.29) is 16.8 Å². The standard InChI is InChI=1S/C23H23N3O3S/c1-16-13-18-8-4-6-10-21(18)26(16)23(27)22-14-19(15-24(22)2)30(28,29)25-12-11-17-7-3-5-9-20(17)25/h3-10,14-16H,11-13H2,1-2H3. The summed E-state index contributed by atoms with van der Waals surface area (Å²) in [6.45, 7) is 2.43. The van der Waals surface area contributed by atoms with Crippen molar-refractivity contribution < 1.29 is 13.2 Å². The lowest BCUT2D eigenvalue weighted by Gasteiger charge is -2.22. The van der Waals surface area contributed by atoms with Gasteiger partial charge < -0.3 is 9.47 Å². The fourth-order valence-corrected chi connectivity index (χ4v) is 6.15. The van der Waals surface area contributed by atoms with E-state index in [1.165, 1.54) is 16.6 Å². The van der Waals surface area contributed by atoms with Crippen LogP contribution in [0.4, 0.5) is 11.4 Å². The number of benzene rings is 2. The molecule has 2 aromatic carbocycles. The average Bonchev–Trinajstić information content (AvgIpc) is 3.41. The number of aromatic nitrogens is 1. The minimum absolute atomic E-state index is 0.0234. The molecule has 1 aromatic heterocycles. The van der Waals surface area contributed by atoms with E-state index in [1.807, 2.05) is 55.5 Å². The lowest BCUT2D eigenvalue weighted by Crippen LogP contribution is -2.36. The van der Waals surface area contributed by atoms with Crippen molar-refractivity contribution in [2.24, 2.45) is 7.05 Å². The van der Waals surface area contributed by atoms with Gasteiger partial charge >= 0.3 is 0 Å². The van der Waals surface area contributed by atoms with Gasteiger partial charge in [0.15, 0.2) is 0 Å². The monoisotopic (exact) mass is 421 g/mol. The number of amides is 1. The van der Waals surface area contributed by atoms with Crippen molar-refractivity contribution in [2.75, 3.05) is 15.7 Å². The Morgan fingerprint density at radius 1 is 1.00 bits per heavy atom. The van der Waals surface area contributed by atoms with Crippen molar-refractivity contribution in [3.8, 4) is 0 Å². The number of para-hydroxylation sites is 2. The van der Waals surface area contributed by atoms with Gasteiger partial charge in [0.2, 0.25) is 0 Å². The molecule has 0 radical (unpaired) electrons. The smallest absolute Gasteiger partial charge is 0.275 e. The molecule has 0 spiro atoms. The Kier molecular flexibility index (Phi) is 4.25. The second-order valence-corrected chi connectivity index (χ2v) is 9.85. The molecule has 3 heterocycles. The highest BCUT2D eigenvalue weighted by Crippen LogP contribution is 2.35. The molecule has 5 rings (SSSR count). The number of carbonyl (C=O) groups excluding carboxylic acids is 1. The van der Waals surface area contributed by atoms with Crippen LogP contribution in [0.25, 0.3) is 0 Å². The third-order valence-electron chi connectivity index (χ3n) is 6.06. The number of hydrogen-bond donors (Lipinski definition) is 0. The topological polar surface area (TPSA) is 62.6 Å². The number of anilines is 2. The Hall–Kier alpha value is -3.06. The van der Waals surface area contributed by atoms with Gasteiger partial charge in [-0.2, -0.15) is 0 Å². The number of hydrogen-bond acceptors (Lipinski definition) is 3.